The molecule has 0 heterocycles. The number of benzene rings is 1. The molecule has 0 spiro atoms. The van der Waals surface area contributed by atoms with Crippen molar-refractivity contribution >= 4 is 0 Å². The van der Waals surface area contributed by atoms with Crippen LogP contribution < -0.4 is 4.74 Å². The third kappa shape index (κ3) is 3.47. The topological polar surface area (TPSA) is 38.7 Å². The monoisotopic (exact) mass is 228 g/mol. The van der Waals surface area contributed by atoms with Crippen molar-refractivity contribution in [1.29, 1.82) is 0 Å². The van der Waals surface area contributed by atoms with Crippen LogP contribution in [0, 0.1) is 5.82 Å². The van der Waals surface area contributed by atoms with Gasteiger partial charge < -0.3 is 14.6 Å². The van der Waals surface area contributed by atoms with Gasteiger partial charge in [-0.15, -0.1) is 0 Å². The molecule has 0 saturated heterocycles. The average Bonchev–Trinajstić information content (AvgIpc) is 2.29. The van der Waals surface area contributed by atoms with E-state index in [-0.39, 0.29) is 18.5 Å². The molecule has 0 amide bonds. The van der Waals surface area contributed by atoms with Gasteiger partial charge in [-0.05, 0) is 25.5 Å². The largest absolute Gasteiger partial charge is 0.497 e. The zero-order valence-electron chi connectivity index (χ0n) is 9.57. The summed E-state index contributed by atoms with van der Waals surface area (Å²) in [7, 11) is 1.50. The van der Waals surface area contributed by atoms with Crippen LogP contribution in [0.2, 0.25) is 0 Å². The lowest BCUT2D eigenvalue weighted by Crippen LogP contribution is -2.05. The number of hydrogen-bond donors (Lipinski definition) is 1. The number of methoxy groups -OCH3 is 1. The maximum atomic E-state index is 13.6. The van der Waals surface area contributed by atoms with Crippen molar-refractivity contribution in [3.05, 3.63) is 29.6 Å². The van der Waals surface area contributed by atoms with Gasteiger partial charge in [0.25, 0.3) is 0 Å². The highest BCUT2D eigenvalue weighted by atomic mass is 19.1. The maximum absolute atomic E-state index is 13.6. The third-order valence-electron chi connectivity index (χ3n) is 2.32. The molecule has 0 aromatic heterocycles. The molecule has 1 N–H and O–H groups in total. The highest BCUT2D eigenvalue weighted by Gasteiger charge is 2.11. The van der Waals surface area contributed by atoms with E-state index in [4.69, 9.17) is 14.6 Å². The summed E-state index contributed by atoms with van der Waals surface area (Å²) < 4.78 is 23.9. The first-order valence-corrected chi connectivity index (χ1v) is 5.25. The number of halogens is 1. The molecular weight excluding hydrogens is 211 g/mol. The molecule has 1 unspecified atom stereocenters. The van der Waals surface area contributed by atoms with Crippen LogP contribution in [-0.4, -0.2) is 25.4 Å². The van der Waals surface area contributed by atoms with Crippen molar-refractivity contribution in [1.82, 2.24) is 0 Å². The first-order chi connectivity index (χ1) is 7.69. The van der Waals surface area contributed by atoms with Crippen LogP contribution >= 0.6 is 0 Å². The van der Waals surface area contributed by atoms with Gasteiger partial charge in [0.15, 0.2) is 0 Å². The fraction of sp³-hybridized carbons (Fsp3) is 0.500. The molecule has 3 nitrogen and oxygen atoms in total. The second kappa shape index (κ2) is 6.45. The molecule has 0 bridgehead atoms. The average molecular weight is 228 g/mol. The Balaban J connectivity index is 2.64. The molecule has 1 atom stereocenters. The zero-order chi connectivity index (χ0) is 12.0. The molecule has 4 heteroatoms. The summed E-state index contributed by atoms with van der Waals surface area (Å²) in [5.74, 6) is 0.152. The SMILES string of the molecule is COc1ccc(C(C)OCCCO)c(F)c1. The normalized spacial score (nSPS) is 12.5. The van der Waals surface area contributed by atoms with E-state index >= 15 is 0 Å². The summed E-state index contributed by atoms with van der Waals surface area (Å²) >= 11 is 0. The van der Waals surface area contributed by atoms with Crippen LogP contribution in [0.5, 0.6) is 5.75 Å². The summed E-state index contributed by atoms with van der Waals surface area (Å²) in [6.45, 7) is 2.28. The number of hydrogen-bond acceptors (Lipinski definition) is 3. The molecule has 1 aromatic carbocycles. The second-order valence-electron chi connectivity index (χ2n) is 3.48. The van der Waals surface area contributed by atoms with E-state index in [0.717, 1.165) is 0 Å². The van der Waals surface area contributed by atoms with Crippen molar-refractivity contribution in [3.8, 4) is 5.75 Å². The highest BCUT2D eigenvalue weighted by Crippen LogP contribution is 2.23. The second-order valence-corrected chi connectivity index (χ2v) is 3.48. The smallest absolute Gasteiger partial charge is 0.132 e. The Hall–Kier alpha value is -1.13. The lowest BCUT2D eigenvalue weighted by atomic mass is 10.1. The van der Waals surface area contributed by atoms with E-state index in [1.165, 1.54) is 13.2 Å². The number of rotatable bonds is 6. The Morgan fingerprint density at radius 2 is 2.19 bits per heavy atom. The minimum atomic E-state index is -0.337. The quantitative estimate of drug-likeness (QED) is 0.759. The van der Waals surface area contributed by atoms with Crippen LogP contribution in [0.25, 0.3) is 0 Å². The van der Waals surface area contributed by atoms with Gasteiger partial charge in [-0.2, -0.15) is 0 Å². The van der Waals surface area contributed by atoms with Crippen LogP contribution in [0.1, 0.15) is 25.0 Å². The maximum Gasteiger partial charge on any atom is 0.132 e. The van der Waals surface area contributed by atoms with Gasteiger partial charge in [0.2, 0.25) is 0 Å². The summed E-state index contributed by atoms with van der Waals surface area (Å²) in [6, 6.07) is 4.68. The Bertz CT molecular complexity index is 328. The van der Waals surface area contributed by atoms with Crippen molar-refractivity contribution in [3.63, 3.8) is 0 Å². The molecule has 16 heavy (non-hydrogen) atoms. The molecule has 0 aliphatic rings. The van der Waals surface area contributed by atoms with Crippen molar-refractivity contribution in [2.24, 2.45) is 0 Å². The number of aliphatic hydroxyl groups is 1. The van der Waals surface area contributed by atoms with Gasteiger partial charge in [-0.3, -0.25) is 0 Å². The van der Waals surface area contributed by atoms with Crippen LogP contribution in [0.4, 0.5) is 4.39 Å². The summed E-state index contributed by atoms with van der Waals surface area (Å²) in [6.07, 6.45) is 0.236. The highest BCUT2D eigenvalue weighted by molar-refractivity contribution is 5.29. The Morgan fingerprint density at radius 3 is 2.75 bits per heavy atom. The first kappa shape index (κ1) is 12.9. The zero-order valence-corrected chi connectivity index (χ0v) is 9.57. The standard InChI is InChI=1S/C12H17FO3/c1-9(16-7-3-6-14)11-5-4-10(15-2)8-12(11)13/h4-5,8-9,14H,3,6-7H2,1-2H3. The van der Waals surface area contributed by atoms with Gasteiger partial charge in [0, 0.05) is 24.8 Å². The van der Waals surface area contributed by atoms with Crippen molar-refractivity contribution < 1.29 is 19.0 Å². The molecule has 1 aromatic rings. The molecular formula is C12H17FO3. The Kier molecular flexibility index (Phi) is 5.22. The fourth-order valence-corrected chi connectivity index (χ4v) is 1.38. The summed E-state index contributed by atoms with van der Waals surface area (Å²) in [5.41, 5.74) is 0.499. The fourth-order valence-electron chi connectivity index (χ4n) is 1.38. The third-order valence-corrected chi connectivity index (χ3v) is 2.32. The molecule has 0 radical (unpaired) electrons. The van der Waals surface area contributed by atoms with E-state index < -0.39 is 0 Å². The van der Waals surface area contributed by atoms with Crippen LogP contribution in [0.15, 0.2) is 18.2 Å². The van der Waals surface area contributed by atoms with E-state index in [0.29, 0.717) is 24.3 Å². The van der Waals surface area contributed by atoms with E-state index in [1.54, 1.807) is 19.1 Å². The lowest BCUT2D eigenvalue weighted by molar-refractivity contribution is 0.0531. The van der Waals surface area contributed by atoms with Crippen LogP contribution in [0.3, 0.4) is 0 Å². The molecule has 0 aliphatic heterocycles. The molecule has 90 valence electrons. The minimum absolute atomic E-state index is 0.0812. The van der Waals surface area contributed by atoms with Gasteiger partial charge >= 0.3 is 0 Å². The molecule has 1 rings (SSSR count). The number of aliphatic hydroxyl groups excluding tert-OH is 1. The lowest BCUT2D eigenvalue weighted by Gasteiger charge is -2.14. The van der Waals surface area contributed by atoms with Gasteiger partial charge in [0.05, 0.1) is 13.2 Å². The Morgan fingerprint density at radius 1 is 1.44 bits per heavy atom. The van der Waals surface area contributed by atoms with Crippen molar-refractivity contribution in [2.45, 2.75) is 19.4 Å². The van der Waals surface area contributed by atoms with Crippen LogP contribution in [-0.2, 0) is 4.74 Å². The van der Waals surface area contributed by atoms with Gasteiger partial charge in [-0.25, -0.2) is 4.39 Å². The molecule has 0 saturated carbocycles. The Labute approximate surface area is 94.8 Å². The van der Waals surface area contributed by atoms with E-state index in [2.05, 4.69) is 0 Å². The van der Waals surface area contributed by atoms with E-state index in [1.807, 2.05) is 0 Å². The van der Waals surface area contributed by atoms with Gasteiger partial charge in [0.1, 0.15) is 11.6 Å². The number of ether oxygens (including phenoxy) is 2. The molecule has 0 aliphatic carbocycles. The predicted octanol–water partition coefficient (Wildman–Crippen LogP) is 2.29. The summed E-state index contributed by atoms with van der Waals surface area (Å²) in [5, 5.41) is 8.60. The van der Waals surface area contributed by atoms with Crippen molar-refractivity contribution in [2.75, 3.05) is 20.3 Å². The minimum Gasteiger partial charge on any atom is -0.497 e. The first-order valence-electron chi connectivity index (χ1n) is 5.25. The predicted molar refractivity (Wildman–Crippen MR) is 59.0 cm³/mol. The summed E-state index contributed by atoms with van der Waals surface area (Å²) in [4.78, 5) is 0. The van der Waals surface area contributed by atoms with E-state index in [9.17, 15) is 4.39 Å². The van der Waals surface area contributed by atoms with Gasteiger partial charge in [-0.1, -0.05) is 0 Å². The molecule has 0 fully saturated rings.